The van der Waals surface area contributed by atoms with Gasteiger partial charge in [0.25, 0.3) is 0 Å². The van der Waals surface area contributed by atoms with Crippen LogP contribution in [0.1, 0.15) is 5.56 Å². The molecule has 0 saturated heterocycles. The summed E-state index contributed by atoms with van der Waals surface area (Å²) in [6.45, 7) is 0. The summed E-state index contributed by atoms with van der Waals surface area (Å²) < 4.78 is 39.6. The maximum Gasteiger partial charge on any atom is 0.573 e. The summed E-state index contributed by atoms with van der Waals surface area (Å²) in [6, 6.07) is 2.49. The third kappa shape index (κ3) is 3.46. The Labute approximate surface area is 97.3 Å². The van der Waals surface area contributed by atoms with Crippen molar-refractivity contribution in [3.05, 3.63) is 22.7 Å². The molecule has 0 fully saturated rings. The molecule has 1 rings (SSSR count). The molecule has 15 heavy (non-hydrogen) atoms. The van der Waals surface area contributed by atoms with Gasteiger partial charge in [0.2, 0.25) is 0 Å². The molecule has 0 bridgehead atoms. The van der Waals surface area contributed by atoms with Gasteiger partial charge in [-0.05, 0) is 11.6 Å². The number of hydrogen-bond acceptors (Lipinski definition) is 2. The number of nitrogen functional groups attached to an aromatic ring is 1. The lowest BCUT2D eigenvalue weighted by Crippen LogP contribution is -2.18. The minimum atomic E-state index is -4.78. The molecule has 0 amide bonds. The van der Waals surface area contributed by atoms with Crippen LogP contribution in [-0.4, -0.2) is 6.36 Å². The van der Waals surface area contributed by atoms with Gasteiger partial charge in [0.1, 0.15) is 0 Å². The summed E-state index contributed by atoms with van der Waals surface area (Å²) in [5, 5.41) is 0.436. The quantitative estimate of drug-likeness (QED) is 0.667. The fourth-order valence-electron chi connectivity index (χ4n) is 0.967. The summed E-state index contributed by atoms with van der Waals surface area (Å²) in [5.74, 6) is -0.482. The molecule has 0 aliphatic rings. The zero-order valence-corrected chi connectivity index (χ0v) is 9.58. The Bertz CT molecular complexity index is 370. The Balaban J connectivity index is 3.12. The molecule has 1 aromatic carbocycles. The highest BCUT2D eigenvalue weighted by molar-refractivity contribution is 9.08. The van der Waals surface area contributed by atoms with Crippen LogP contribution in [0.2, 0.25) is 5.02 Å². The van der Waals surface area contributed by atoms with E-state index < -0.39 is 12.1 Å². The van der Waals surface area contributed by atoms with E-state index in [0.29, 0.717) is 10.9 Å². The number of hydrogen-bond donors (Lipinski definition) is 1. The number of benzene rings is 1. The number of anilines is 1. The Morgan fingerprint density at radius 1 is 1.40 bits per heavy atom. The first-order chi connectivity index (χ1) is 6.83. The van der Waals surface area contributed by atoms with Crippen LogP contribution in [0.3, 0.4) is 0 Å². The summed E-state index contributed by atoms with van der Waals surface area (Å²) in [6.07, 6.45) is -4.78. The Morgan fingerprint density at radius 2 is 2.00 bits per heavy atom. The third-order valence-electron chi connectivity index (χ3n) is 1.56. The average molecular weight is 304 g/mol. The van der Waals surface area contributed by atoms with E-state index >= 15 is 0 Å². The topological polar surface area (TPSA) is 35.2 Å². The van der Waals surface area contributed by atoms with Crippen molar-refractivity contribution in [2.24, 2.45) is 0 Å². The Kier molecular flexibility index (Phi) is 3.72. The molecular formula is C8H6BrClF3NO. The summed E-state index contributed by atoms with van der Waals surface area (Å²) >= 11 is 8.69. The average Bonchev–Trinajstić information content (AvgIpc) is 2.08. The minimum absolute atomic E-state index is 0.0754. The molecular weight excluding hydrogens is 298 g/mol. The zero-order valence-electron chi connectivity index (χ0n) is 7.24. The van der Waals surface area contributed by atoms with E-state index in [9.17, 15) is 13.2 Å². The van der Waals surface area contributed by atoms with E-state index in [0.717, 1.165) is 6.07 Å². The van der Waals surface area contributed by atoms with Gasteiger partial charge in [0, 0.05) is 16.4 Å². The predicted octanol–water partition coefficient (Wildman–Crippen LogP) is 3.72. The lowest BCUT2D eigenvalue weighted by Gasteiger charge is -2.13. The van der Waals surface area contributed by atoms with Gasteiger partial charge in [-0.3, -0.25) is 0 Å². The van der Waals surface area contributed by atoms with Crippen molar-refractivity contribution in [1.29, 1.82) is 0 Å². The van der Waals surface area contributed by atoms with Crippen molar-refractivity contribution in [1.82, 2.24) is 0 Å². The van der Waals surface area contributed by atoms with Crippen molar-refractivity contribution in [2.45, 2.75) is 11.7 Å². The van der Waals surface area contributed by atoms with Gasteiger partial charge in [0.05, 0.1) is 5.69 Å². The van der Waals surface area contributed by atoms with Gasteiger partial charge in [-0.15, -0.1) is 13.2 Å². The molecule has 0 heterocycles. The van der Waals surface area contributed by atoms with Crippen LogP contribution in [0.15, 0.2) is 12.1 Å². The van der Waals surface area contributed by atoms with E-state index in [1.54, 1.807) is 0 Å². The molecule has 7 heteroatoms. The highest BCUT2D eigenvalue weighted by Gasteiger charge is 2.32. The van der Waals surface area contributed by atoms with Gasteiger partial charge in [0.15, 0.2) is 5.75 Å². The first kappa shape index (κ1) is 12.4. The Morgan fingerprint density at radius 3 is 2.47 bits per heavy atom. The summed E-state index contributed by atoms with van der Waals surface area (Å²) in [7, 11) is 0. The summed E-state index contributed by atoms with van der Waals surface area (Å²) in [4.78, 5) is 0. The molecule has 0 aliphatic carbocycles. The standard InChI is InChI=1S/C8H6BrClF3NO/c9-3-4-1-5(10)2-6(7(4)14)15-8(11,12)13/h1-2H,3,14H2. The van der Waals surface area contributed by atoms with Crippen LogP contribution >= 0.6 is 27.5 Å². The molecule has 0 aromatic heterocycles. The first-order valence-corrected chi connectivity index (χ1v) is 5.23. The van der Waals surface area contributed by atoms with E-state index in [1.165, 1.54) is 6.07 Å². The van der Waals surface area contributed by atoms with Crippen LogP contribution < -0.4 is 10.5 Å². The number of halogens is 5. The molecule has 2 nitrogen and oxygen atoms in total. The van der Waals surface area contributed by atoms with Crippen molar-refractivity contribution < 1.29 is 17.9 Å². The zero-order chi connectivity index (χ0) is 11.6. The lowest BCUT2D eigenvalue weighted by atomic mass is 10.2. The second kappa shape index (κ2) is 4.49. The molecule has 0 atom stereocenters. The molecule has 1 aromatic rings. The maximum atomic E-state index is 12.0. The monoisotopic (exact) mass is 303 g/mol. The van der Waals surface area contributed by atoms with Gasteiger partial charge in [-0.2, -0.15) is 0 Å². The largest absolute Gasteiger partial charge is 0.573 e. The second-order valence-electron chi connectivity index (χ2n) is 2.66. The molecule has 0 spiro atoms. The van der Waals surface area contributed by atoms with E-state index in [4.69, 9.17) is 17.3 Å². The van der Waals surface area contributed by atoms with Gasteiger partial charge < -0.3 is 10.5 Å². The van der Waals surface area contributed by atoms with Crippen LogP contribution in [0, 0.1) is 0 Å². The van der Waals surface area contributed by atoms with Gasteiger partial charge >= 0.3 is 6.36 Å². The number of ether oxygens (including phenoxy) is 1. The van der Waals surface area contributed by atoms with Crippen molar-refractivity contribution in [3.8, 4) is 5.75 Å². The van der Waals surface area contributed by atoms with Crippen LogP contribution in [-0.2, 0) is 5.33 Å². The maximum absolute atomic E-state index is 12.0. The van der Waals surface area contributed by atoms with Crippen molar-refractivity contribution in [3.63, 3.8) is 0 Å². The lowest BCUT2D eigenvalue weighted by molar-refractivity contribution is -0.274. The second-order valence-corrected chi connectivity index (χ2v) is 3.66. The molecule has 0 unspecified atom stereocenters. The third-order valence-corrected chi connectivity index (χ3v) is 2.38. The predicted molar refractivity (Wildman–Crippen MR) is 55.2 cm³/mol. The normalized spacial score (nSPS) is 11.5. The van der Waals surface area contributed by atoms with Crippen LogP contribution in [0.25, 0.3) is 0 Å². The number of rotatable bonds is 2. The Hall–Kier alpha value is -0.620. The highest BCUT2D eigenvalue weighted by atomic mass is 79.9. The van der Waals surface area contributed by atoms with Gasteiger partial charge in [-0.1, -0.05) is 27.5 Å². The fraction of sp³-hybridized carbons (Fsp3) is 0.250. The van der Waals surface area contributed by atoms with E-state index in [1.807, 2.05) is 0 Å². The summed E-state index contributed by atoms with van der Waals surface area (Å²) in [5.41, 5.74) is 5.83. The number of alkyl halides is 4. The fourth-order valence-corrected chi connectivity index (χ4v) is 1.66. The van der Waals surface area contributed by atoms with E-state index in [2.05, 4.69) is 20.7 Å². The first-order valence-electron chi connectivity index (χ1n) is 3.73. The van der Waals surface area contributed by atoms with Gasteiger partial charge in [-0.25, -0.2) is 0 Å². The van der Waals surface area contributed by atoms with E-state index in [-0.39, 0.29) is 10.7 Å². The smallest absolute Gasteiger partial charge is 0.404 e. The molecule has 0 aliphatic heterocycles. The molecule has 0 radical (unpaired) electrons. The van der Waals surface area contributed by atoms with Crippen molar-refractivity contribution in [2.75, 3.05) is 5.73 Å². The number of nitrogens with two attached hydrogens (primary N) is 1. The SMILES string of the molecule is Nc1c(CBr)cc(Cl)cc1OC(F)(F)F. The molecule has 84 valence electrons. The van der Waals surface area contributed by atoms with Crippen molar-refractivity contribution >= 4 is 33.2 Å². The molecule has 0 saturated carbocycles. The minimum Gasteiger partial charge on any atom is -0.404 e. The van der Waals surface area contributed by atoms with Crippen LogP contribution in [0.4, 0.5) is 18.9 Å². The van der Waals surface area contributed by atoms with Crippen LogP contribution in [0.5, 0.6) is 5.75 Å². The highest BCUT2D eigenvalue weighted by Crippen LogP contribution is 2.34. The molecule has 2 N–H and O–H groups in total.